The molecule has 0 radical (unpaired) electrons. The fourth-order valence-electron chi connectivity index (χ4n) is 3.95. The third-order valence-electron chi connectivity index (χ3n) is 5.92. The van der Waals surface area contributed by atoms with E-state index >= 15 is 0 Å². The van der Waals surface area contributed by atoms with Gasteiger partial charge in [0.15, 0.2) is 0 Å². The molecule has 0 saturated carbocycles. The molecule has 0 aromatic heterocycles. The summed E-state index contributed by atoms with van der Waals surface area (Å²) in [6.07, 6.45) is 0.238. The number of carbonyl (C=O) groups excluding carboxylic acids is 3. The maximum absolute atomic E-state index is 13.9. The number of imide groups is 1. The van der Waals surface area contributed by atoms with E-state index in [1.807, 2.05) is 89.2 Å². The Bertz CT molecular complexity index is 1100. The quantitative estimate of drug-likeness (QED) is 0.366. The fourth-order valence-corrected chi connectivity index (χ4v) is 3.95. The molecule has 0 aliphatic heterocycles. The Morgan fingerprint density at radius 2 is 1.48 bits per heavy atom. The van der Waals surface area contributed by atoms with Crippen LogP contribution in [-0.2, 0) is 22.6 Å². The molecule has 0 bridgehead atoms. The first-order chi connectivity index (χ1) is 18.6. The predicted octanol–water partition coefficient (Wildman–Crippen LogP) is 6.43. The average Bonchev–Trinajstić information content (AvgIpc) is 2.84. The molecule has 0 heterocycles. The van der Waals surface area contributed by atoms with Crippen LogP contribution in [0.3, 0.4) is 0 Å². The van der Waals surface area contributed by atoms with Gasteiger partial charge in [-0.15, -0.1) is 0 Å². The third kappa shape index (κ3) is 11.3. The fraction of sp³-hybridized carbons (Fsp3) is 0.531. The first-order valence-corrected chi connectivity index (χ1v) is 13.9. The van der Waals surface area contributed by atoms with Gasteiger partial charge in [0.05, 0.1) is 0 Å². The minimum atomic E-state index is -0.852. The number of nitrogens with zero attached hydrogens (tertiary/aromatic N) is 2. The lowest BCUT2D eigenvalue weighted by Crippen LogP contribution is -2.57. The molecule has 0 fully saturated rings. The minimum absolute atomic E-state index is 0.106. The van der Waals surface area contributed by atoms with E-state index in [2.05, 4.69) is 5.32 Å². The number of urea groups is 1. The van der Waals surface area contributed by atoms with Crippen LogP contribution in [0.15, 0.2) is 54.6 Å². The third-order valence-corrected chi connectivity index (χ3v) is 5.92. The lowest BCUT2D eigenvalue weighted by Gasteiger charge is -2.35. The van der Waals surface area contributed by atoms with E-state index in [9.17, 15) is 14.4 Å². The van der Waals surface area contributed by atoms with E-state index in [1.54, 1.807) is 27.8 Å². The topological polar surface area (TPSA) is 88.2 Å². The summed E-state index contributed by atoms with van der Waals surface area (Å²) in [5, 5.41) is 2.90. The normalized spacial score (nSPS) is 12.4. The molecule has 0 spiro atoms. The molecule has 40 heavy (non-hydrogen) atoms. The van der Waals surface area contributed by atoms with Gasteiger partial charge in [0.25, 0.3) is 5.91 Å². The van der Waals surface area contributed by atoms with E-state index in [0.29, 0.717) is 19.4 Å². The number of carbonyl (C=O) groups is 3. The maximum atomic E-state index is 13.9. The van der Waals surface area contributed by atoms with Crippen LogP contribution in [0.4, 0.5) is 9.59 Å². The summed E-state index contributed by atoms with van der Waals surface area (Å²) in [6, 6.07) is 16.2. The van der Waals surface area contributed by atoms with E-state index in [0.717, 1.165) is 16.9 Å². The lowest BCUT2D eigenvalue weighted by molar-refractivity contribution is -0.134. The SMILES string of the molecule is CC(C)C[C@@H](C(=O)N(CCc1ccc(OCc2ccccc2)cc1)C(=O)NC(C)(C)C)N(C)C(=O)OC(C)(C)C. The van der Waals surface area contributed by atoms with Gasteiger partial charge in [-0.3, -0.25) is 14.6 Å². The van der Waals surface area contributed by atoms with Gasteiger partial charge >= 0.3 is 12.1 Å². The van der Waals surface area contributed by atoms with Gasteiger partial charge in [-0.05, 0) is 83.6 Å². The standard InChI is InChI=1S/C32H47N3O5/c1-23(2)21-27(34(9)30(38)40-32(6,7)8)28(36)35(29(37)33-31(3,4)5)20-19-24-15-17-26(18-16-24)39-22-25-13-11-10-12-14-25/h10-18,23,27H,19-22H2,1-9H3,(H,33,37)/t27-/m0/s1. The first kappa shape index (κ1) is 32.7. The van der Waals surface area contributed by atoms with E-state index in [1.165, 1.54) is 9.80 Å². The molecule has 4 amide bonds. The molecule has 2 aromatic rings. The number of rotatable bonds is 10. The highest BCUT2D eigenvalue weighted by Crippen LogP contribution is 2.19. The van der Waals surface area contributed by atoms with E-state index in [4.69, 9.17) is 9.47 Å². The van der Waals surface area contributed by atoms with Crippen LogP contribution >= 0.6 is 0 Å². The summed E-state index contributed by atoms with van der Waals surface area (Å²) in [5.41, 5.74) is 0.780. The second-order valence-electron chi connectivity index (χ2n) is 12.6. The predicted molar refractivity (Wildman–Crippen MR) is 158 cm³/mol. The average molecular weight is 554 g/mol. The molecule has 0 aliphatic rings. The first-order valence-electron chi connectivity index (χ1n) is 13.9. The van der Waals surface area contributed by atoms with Crippen LogP contribution in [0, 0.1) is 5.92 Å². The summed E-state index contributed by atoms with van der Waals surface area (Å²) < 4.78 is 11.4. The number of hydrogen-bond donors (Lipinski definition) is 1. The van der Waals surface area contributed by atoms with Crippen LogP contribution in [0.5, 0.6) is 5.75 Å². The van der Waals surface area contributed by atoms with Crippen LogP contribution in [0.2, 0.25) is 0 Å². The molecule has 0 unspecified atom stereocenters. The Morgan fingerprint density at radius 3 is 2.00 bits per heavy atom. The van der Waals surface area contributed by atoms with Crippen molar-refractivity contribution in [2.45, 2.75) is 92.0 Å². The molecular formula is C32H47N3O5. The van der Waals surface area contributed by atoms with Crippen molar-refractivity contribution >= 4 is 18.0 Å². The van der Waals surface area contributed by atoms with Crippen molar-refractivity contribution in [2.24, 2.45) is 5.92 Å². The van der Waals surface area contributed by atoms with Crippen LogP contribution in [0.1, 0.15) is 72.9 Å². The van der Waals surface area contributed by atoms with Crippen LogP contribution < -0.4 is 10.1 Å². The van der Waals surface area contributed by atoms with Crippen LogP contribution in [0.25, 0.3) is 0 Å². The molecule has 2 aromatic carbocycles. The summed E-state index contributed by atoms with van der Waals surface area (Å²) in [5.74, 6) is 0.406. The van der Waals surface area contributed by atoms with E-state index < -0.39 is 35.2 Å². The van der Waals surface area contributed by atoms with Gasteiger partial charge < -0.3 is 14.8 Å². The highest BCUT2D eigenvalue weighted by molar-refractivity contribution is 5.98. The molecule has 1 atom stereocenters. The maximum Gasteiger partial charge on any atom is 0.410 e. The molecule has 0 aliphatic carbocycles. The molecule has 8 heteroatoms. The van der Waals surface area contributed by atoms with E-state index in [-0.39, 0.29) is 12.5 Å². The van der Waals surface area contributed by atoms with Crippen LogP contribution in [-0.4, -0.2) is 58.6 Å². The van der Waals surface area contributed by atoms with Gasteiger partial charge in [0.1, 0.15) is 24.0 Å². The highest BCUT2D eigenvalue weighted by Gasteiger charge is 2.36. The molecule has 1 N–H and O–H groups in total. The van der Waals surface area contributed by atoms with Gasteiger partial charge in [0.2, 0.25) is 0 Å². The monoisotopic (exact) mass is 553 g/mol. The van der Waals surface area contributed by atoms with Crippen molar-refractivity contribution in [1.82, 2.24) is 15.1 Å². The largest absolute Gasteiger partial charge is 0.489 e. The second-order valence-corrected chi connectivity index (χ2v) is 12.6. The summed E-state index contributed by atoms with van der Waals surface area (Å²) >= 11 is 0. The Labute approximate surface area is 240 Å². The summed E-state index contributed by atoms with van der Waals surface area (Å²) in [7, 11) is 1.55. The molecule has 0 saturated heterocycles. The molecular weight excluding hydrogens is 506 g/mol. The van der Waals surface area contributed by atoms with Crippen molar-refractivity contribution in [3.63, 3.8) is 0 Å². The van der Waals surface area contributed by atoms with Crippen molar-refractivity contribution < 1.29 is 23.9 Å². The number of benzene rings is 2. The summed E-state index contributed by atoms with van der Waals surface area (Å²) in [6.45, 7) is 15.5. The summed E-state index contributed by atoms with van der Waals surface area (Å²) in [4.78, 5) is 42.7. The van der Waals surface area contributed by atoms with Crippen molar-refractivity contribution in [3.05, 3.63) is 65.7 Å². The minimum Gasteiger partial charge on any atom is -0.489 e. The number of likely N-dealkylation sites (N-methyl/N-ethyl adjacent to an activating group) is 1. The van der Waals surface area contributed by atoms with Gasteiger partial charge in [-0.1, -0.05) is 56.3 Å². The Kier molecular flexibility index (Phi) is 11.6. The zero-order chi connectivity index (χ0) is 30.1. The number of hydrogen-bond acceptors (Lipinski definition) is 5. The van der Waals surface area contributed by atoms with Crippen molar-refractivity contribution in [3.8, 4) is 5.75 Å². The smallest absolute Gasteiger partial charge is 0.410 e. The second kappa shape index (κ2) is 14.2. The van der Waals surface area contributed by atoms with Gasteiger partial charge in [-0.25, -0.2) is 9.59 Å². The molecule has 2 rings (SSSR count). The zero-order valence-electron chi connectivity index (χ0n) is 25.6. The number of ether oxygens (including phenoxy) is 2. The Morgan fingerprint density at radius 1 is 0.875 bits per heavy atom. The van der Waals surface area contributed by atoms with Crippen molar-refractivity contribution in [1.29, 1.82) is 0 Å². The highest BCUT2D eigenvalue weighted by atomic mass is 16.6. The Balaban J connectivity index is 2.20. The number of amides is 4. The molecule has 8 nitrogen and oxygen atoms in total. The molecule has 220 valence electrons. The lowest BCUT2D eigenvalue weighted by atomic mass is 10.0. The van der Waals surface area contributed by atoms with Crippen molar-refractivity contribution in [2.75, 3.05) is 13.6 Å². The number of nitrogens with one attached hydrogen (secondary N) is 1. The Hall–Kier alpha value is -3.55. The zero-order valence-corrected chi connectivity index (χ0v) is 25.6. The van der Waals surface area contributed by atoms with Gasteiger partial charge in [0, 0.05) is 19.1 Å². The van der Waals surface area contributed by atoms with Gasteiger partial charge in [-0.2, -0.15) is 0 Å².